The normalized spacial score (nSPS) is 13.4. The monoisotopic (exact) mass is 252 g/mol. The minimum absolute atomic E-state index is 0.0985. The third kappa shape index (κ3) is 3.09. The van der Waals surface area contributed by atoms with Crippen molar-refractivity contribution in [3.63, 3.8) is 0 Å². The average molecular weight is 252 g/mol. The SMILES string of the molecule is CCC(C)N(CC)C(=O)c1n[nH]c(C(C)(C)C)n1. The predicted molar refractivity (Wildman–Crippen MR) is 71.5 cm³/mol. The highest BCUT2D eigenvalue weighted by molar-refractivity contribution is 5.90. The smallest absolute Gasteiger partial charge is 0.293 e. The van der Waals surface area contributed by atoms with Gasteiger partial charge in [-0.1, -0.05) is 27.7 Å². The summed E-state index contributed by atoms with van der Waals surface area (Å²) in [6.45, 7) is 12.9. The van der Waals surface area contributed by atoms with E-state index in [1.54, 1.807) is 4.90 Å². The number of nitrogens with one attached hydrogen (secondary N) is 1. The Morgan fingerprint density at radius 3 is 2.39 bits per heavy atom. The van der Waals surface area contributed by atoms with E-state index in [1.165, 1.54) is 0 Å². The van der Waals surface area contributed by atoms with E-state index in [2.05, 4.69) is 22.1 Å². The third-order valence-electron chi connectivity index (χ3n) is 3.11. The number of aromatic amines is 1. The lowest BCUT2D eigenvalue weighted by Crippen LogP contribution is -2.38. The minimum atomic E-state index is -0.126. The van der Waals surface area contributed by atoms with Gasteiger partial charge < -0.3 is 4.90 Å². The molecule has 0 spiro atoms. The number of hydrogen-bond donors (Lipinski definition) is 1. The van der Waals surface area contributed by atoms with E-state index >= 15 is 0 Å². The van der Waals surface area contributed by atoms with Crippen LogP contribution in [-0.2, 0) is 5.41 Å². The van der Waals surface area contributed by atoms with Crippen molar-refractivity contribution in [2.24, 2.45) is 0 Å². The average Bonchev–Trinajstić information content (AvgIpc) is 2.78. The maximum Gasteiger partial charge on any atom is 0.293 e. The maximum absolute atomic E-state index is 12.3. The van der Waals surface area contributed by atoms with Gasteiger partial charge in [-0.15, -0.1) is 5.10 Å². The number of rotatable bonds is 4. The molecule has 0 saturated carbocycles. The molecule has 102 valence electrons. The van der Waals surface area contributed by atoms with Gasteiger partial charge in [0.15, 0.2) is 0 Å². The predicted octanol–water partition coefficient (Wildman–Crippen LogP) is 2.36. The highest BCUT2D eigenvalue weighted by Crippen LogP contribution is 2.18. The maximum atomic E-state index is 12.3. The van der Waals surface area contributed by atoms with Crippen LogP contribution in [-0.4, -0.2) is 38.6 Å². The van der Waals surface area contributed by atoms with Gasteiger partial charge in [0.05, 0.1) is 0 Å². The molecule has 1 atom stereocenters. The van der Waals surface area contributed by atoms with Gasteiger partial charge in [-0.05, 0) is 20.3 Å². The summed E-state index contributed by atoms with van der Waals surface area (Å²) in [4.78, 5) is 18.4. The van der Waals surface area contributed by atoms with E-state index < -0.39 is 0 Å². The van der Waals surface area contributed by atoms with Crippen LogP contribution in [0.15, 0.2) is 0 Å². The second-order valence-electron chi connectivity index (χ2n) is 5.61. The standard InChI is InChI=1S/C13H24N4O/c1-7-9(3)17(8-2)11(18)10-14-12(16-15-10)13(4,5)6/h9H,7-8H2,1-6H3,(H,14,15,16). The van der Waals surface area contributed by atoms with Gasteiger partial charge in [0.25, 0.3) is 5.91 Å². The third-order valence-corrected chi connectivity index (χ3v) is 3.11. The first-order chi connectivity index (χ1) is 8.31. The van der Waals surface area contributed by atoms with E-state index in [9.17, 15) is 4.79 Å². The topological polar surface area (TPSA) is 61.9 Å². The van der Waals surface area contributed by atoms with Crippen LogP contribution in [0.3, 0.4) is 0 Å². The molecule has 0 saturated heterocycles. The number of H-pyrrole nitrogens is 1. The van der Waals surface area contributed by atoms with Crippen LogP contribution in [0.5, 0.6) is 0 Å². The molecule has 1 aromatic heterocycles. The zero-order chi connectivity index (χ0) is 13.9. The molecule has 0 bridgehead atoms. The molecule has 0 aliphatic heterocycles. The van der Waals surface area contributed by atoms with Gasteiger partial charge in [0.1, 0.15) is 5.82 Å². The molecule has 0 aliphatic carbocycles. The van der Waals surface area contributed by atoms with Crippen LogP contribution in [0, 0.1) is 0 Å². The Bertz CT molecular complexity index is 405. The summed E-state index contributed by atoms with van der Waals surface area (Å²) in [5, 5.41) is 6.89. The van der Waals surface area contributed by atoms with Gasteiger partial charge in [0, 0.05) is 18.0 Å². The lowest BCUT2D eigenvalue weighted by atomic mass is 9.96. The summed E-state index contributed by atoms with van der Waals surface area (Å²) >= 11 is 0. The van der Waals surface area contributed by atoms with Crippen LogP contribution < -0.4 is 0 Å². The fourth-order valence-corrected chi connectivity index (χ4v) is 1.70. The Kier molecular flexibility index (Phi) is 4.48. The number of hydrogen-bond acceptors (Lipinski definition) is 3. The van der Waals surface area contributed by atoms with Crippen LogP contribution >= 0.6 is 0 Å². The fourth-order valence-electron chi connectivity index (χ4n) is 1.70. The fraction of sp³-hybridized carbons (Fsp3) is 0.769. The van der Waals surface area contributed by atoms with Crippen molar-refractivity contribution in [1.82, 2.24) is 20.1 Å². The van der Waals surface area contributed by atoms with Gasteiger partial charge >= 0.3 is 0 Å². The molecule has 1 N–H and O–H groups in total. The summed E-state index contributed by atoms with van der Waals surface area (Å²) in [7, 11) is 0. The van der Waals surface area contributed by atoms with E-state index in [-0.39, 0.29) is 23.2 Å². The highest BCUT2D eigenvalue weighted by atomic mass is 16.2. The molecule has 18 heavy (non-hydrogen) atoms. The second-order valence-corrected chi connectivity index (χ2v) is 5.61. The Hall–Kier alpha value is -1.39. The van der Waals surface area contributed by atoms with Gasteiger partial charge in [-0.25, -0.2) is 4.98 Å². The van der Waals surface area contributed by atoms with Crippen molar-refractivity contribution in [1.29, 1.82) is 0 Å². The molecule has 1 rings (SSSR count). The summed E-state index contributed by atoms with van der Waals surface area (Å²) < 4.78 is 0. The first-order valence-electron chi connectivity index (χ1n) is 6.55. The summed E-state index contributed by atoms with van der Waals surface area (Å²) in [5.74, 6) is 0.909. The molecule has 0 fully saturated rings. The molecule has 5 nitrogen and oxygen atoms in total. The lowest BCUT2D eigenvalue weighted by Gasteiger charge is -2.25. The number of aromatic nitrogens is 3. The number of carbonyl (C=O) groups is 1. The first kappa shape index (κ1) is 14.7. The minimum Gasteiger partial charge on any atom is -0.333 e. The first-order valence-corrected chi connectivity index (χ1v) is 6.55. The Balaban J connectivity index is 2.93. The molecule has 1 unspecified atom stereocenters. The molecule has 0 aromatic carbocycles. The second kappa shape index (κ2) is 5.50. The summed E-state index contributed by atoms with van der Waals surface area (Å²) in [6.07, 6.45) is 0.927. The van der Waals surface area contributed by atoms with Crippen molar-refractivity contribution in [3.05, 3.63) is 11.6 Å². The van der Waals surface area contributed by atoms with Crippen LogP contribution in [0.25, 0.3) is 0 Å². The largest absolute Gasteiger partial charge is 0.333 e. The molecule has 5 heteroatoms. The number of carbonyl (C=O) groups excluding carboxylic acids is 1. The Morgan fingerprint density at radius 2 is 2.00 bits per heavy atom. The van der Waals surface area contributed by atoms with Crippen LogP contribution in [0.4, 0.5) is 0 Å². The van der Waals surface area contributed by atoms with Crippen molar-refractivity contribution in [3.8, 4) is 0 Å². The Labute approximate surface area is 109 Å². The lowest BCUT2D eigenvalue weighted by molar-refractivity contribution is 0.0687. The van der Waals surface area contributed by atoms with Crippen molar-refractivity contribution >= 4 is 5.91 Å². The Morgan fingerprint density at radius 1 is 1.39 bits per heavy atom. The van der Waals surface area contributed by atoms with Crippen LogP contribution in [0.1, 0.15) is 64.4 Å². The zero-order valence-electron chi connectivity index (χ0n) is 12.2. The van der Waals surface area contributed by atoms with Crippen molar-refractivity contribution in [2.75, 3.05) is 6.54 Å². The summed E-state index contributed by atoms with van der Waals surface area (Å²) in [6, 6.07) is 0.207. The molecular formula is C13H24N4O. The molecule has 0 radical (unpaired) electrons. The zero-order valence-corrected chi connectivity index (χ0v) is 12.2. The van der Waals surface area contributed by atoms with Gasteiger partial charge in [-0.3, -0.25) is 9.89 Å². The molecular weight excluding hydrogens is 228 g/mol. The molecule has 1 amide bonds. The molecule has 0 aliphatic rings. The van der Waals surface area contributed by atoms with Gasteiger partial charge in [-0.2, -0.15) is 0 Å². The van der Waals surface area contributed by atoms with E-state index in [4.69, 9.17) is 0 Å². The van der Waals surface area contributed by atoms with E-state index in [0.717, 1.165) is 12.2 Å². The molecule has 1 aromatic rings. The van der Waals surface area contributed by atoms with E-state index in [1.807, 2.05) is 34.6 Å². The van der Waals surface area contributed by atoms with Crippen LogP contribution in [0.2, 0.25) is 0 Å². The quantitative estimate of drug-likeness (QED) is 0.894. The van der Waals surface area contributed by atoms with Crippen molar-refractivity contribution in [2.45, 2.75) is 59.4 Å². The van der Waals surface area contributed by atoms with Gasteiger partial charge in [0.2, 0.25) is 5.82 Å². The van der Waals surface area contributed by atoms with Crippen molar-refractivity contribution < 1.29 is 4.79 Å². The number of nitrogens with zero attached hydrogens (tertiary/aromatic N) is 3. The highest BCUT2D eigenvalue weighted by Gasteiger charge is 2.25. The van der Waals surface area contributed by atoms with E-state index in [0.29, 0.717) is 6.54 Å². The molecule has 1 heterocycles. The summed E-state index contributed by atoms with van der Waals surface area (Å²) in [5.41, 5.74) is -0.126. The number of amides is 1.